The number of hydrogen-bond acceptors (Lipinski definition) is 4. The van der Waals surface area contributed by atoms with Crippen LogP contribution in [0.3, 0.4) is 0 Å². The minimum absolute atomic E-state index is 0.0854. The Bertz CT molecular complexity index is 565. The van der Waals surface area contributed by atoms with Crippen LogP contribution in [0.5, 0.6) is 0 Å². The molecule has 0 radical (unpaired) electrons. The van der Waals surface area contributed by atoms with Crippen molar-refractivity contribution < 1.29 is 18.7 Å². The van der Waals surface area contributed by atoms with Gasteiger partial charge in [0.2, 0.25) is 11.8 Å². The van der Waals surface area contributed by atoms with Crippen LogP contribution in [0.2, 0.25) is 5.02 Å². The lowest BCUT2D eigenvalue weighted by atomic mass is 10.3. The monoisotopic (exact) mass is 343 g/mol. The highest BCUT2D eigenvalue weighted by Crippen LogP contribution is 2.19. The van der Waals surface area contributed by atoms with Gasteiger partial charge in [0, 0.05) is 31.9 Å². The predicted octanol–water partition coefficient (Wildman–Crippen LogP) is 1.26. The smallest absolute Gasteiger partial charge is 0.233 e. The molecule has 0 spiro atoms. The summed E-state index contributed by atoms with van der Waals surface area (Å²) in [6.07, 6.45) is -0.294. The first-order valence-electron chi connectivity index (χ1n) is 7.36. The second kappa shape index (κ2) is 8.81. The van der Waals surface area contributed by atoms with Crippen molar-refractivity contribution in [2.75, 3.05) is 44.7 Å². The van der Waals surface area contributed by atoms with Gasteiger partial charge in [-0.15, -0.1) is 0 Å². The summed E-state index contributed by atoms with van der Waals surface area (Å²) in [6, 6.07) is 3.83. The number of morpholine rings is 1. The van der Waals surface area contributed by atoms with Gasteiger partial charge in [0.15, 0.2) is 0 Å². The van der Waals surface area contributed by atoms with Crippen LogP contribution in [-0.4, -0.2) is 56.1 Å². The molecule has 1 heterocycles. The van der Waals surface area contributed by atoms with E-state index in [2.05, 4.69) is 15.5 Å². The molecule has 1 saturated heterocycles. The summed E-state index contributed by atoms with van der Waals surface area (Å²) in [7, 11) is 0. The first-order chi connectivity index (χ1) is 11.0. The minimum atomic E-state index is -0.564. The molecule has 2 N–H and O–H groups in total. The number of nitrogens with zero attached hydrogens (tertiary/aromatic N) is 1. The Labute approximate surface area is 138 Å². The Hall–Kier alpha value is -1.70. The molecule has 23 heavy (non-hydrogen) atoms. The fourth-order valence-electron chi connectivity index (χ4n) is 2.17. The van der Waals surface area contributed by atoms with Gasteiger partial charge >= 0.3 is 0 Å². The maximum atomic E-state index is 13.0. The zero-order chi connectivity index (χ0) is 16.7. The lowest BCUT2D eigenvalue weighted by Crippen LogP contribution is -2.41. The maximum absolute atomic E-state index is 13.0. The van der Waals surface area contributed by atoms with E-state index in [0.717, 1.165) is 25.7 Å². The van der Waals surface area contributed by atoms with Crippen molar-refractivity contribution in [2.24, 2.45) is 0 Å². The molecule has 0 aliphatic carbocycles. The molecule has 6 nitrogen and oxygen atoms in total. The van der Waals surface area contributed by atoms with Gasteiger partial charge in [-0.25, -0.2) is 4.39 Å². The maximum Gasteiger partial charge on any atom is 0.233 e. The summed E-state index contributed by atoms with van der Waals surface area (Å²) in [5.74, 6) is -1.40. The summed E-state index contributed by atoms with van der Waals surface area (Å²) >= 11 is 5.63. The zero-order valence-electron chi connectivity index (χ0n) is 12.6. The number of halogens is 2. The van der Waals surface area contributed by atoms with Gasteiger partial charge in [-0.3, -0.25) is 14.5 Å². The quantitative estimate of drug-likeness (QED) is 0.763. The molecule has 0 atom stereocenters. The van der Waals surface area contributed by atoms with Crippen LogP contribution in [-0.2, 0) is 14.3 Å². The van der Waals surface area contributed by atoms with Crippen molar-refractivity contribution in [1.82, 2.24) is 10.2 Å². The molecule has 1 aliphatic heterocycles. The number of ether oxygens (including phenoxy) is 1. The van der Waals surface area contributed by atoms with Gasteiger partial charge in [-0.2, -0.15) is 0 Å². The second-order valence-corrected chi connectivity index (χ2v) is 5.57. The first-order valence-corrected chi connectivity index (χ1v) is 7.74. The van der Waals surface area contributed by atoms with Crippen LogP contribution in [0.25, 0.3) is 0 Å². The van der Waals surface area contributed by atoms with Crippen LogP contribution < -0.4 is 10.6 Å². The molecule has 0 saturated carbocycles. The first kappa shape index (κ1) is 17.7. The zero-order valence-corrected chi connectivity index (χ0v) is 13.4. The average Bonchev–Trinajstić information content (AvgIpc) is 2.52. The molecule has 0 aromatic heterocycles. The lowest BCUT2D eigenvalue weighted by molar-refractivity contribution is -0.126. The summed E-state index contributed by atoms with van der Waals surface area (Å²) in [5.41, 5.74) is 0.350. The van der Waals surface area contributed by atoms with Gasteiger partial charge in [-0.05, 0) is 18.2 Å². The van der Waals surface area contributed by atoms with Gasteiger partial charge < -0.3 is 15.4 Å². The molecule has 1 fully saturated rings. The van der Waals surface area contributed by atoms with E-state index < -0.39 is 11.7 Å². The van der Waals surface area contributed by atoms with Crippen LogP contribution in [0, 0.1) is 5.82 Å². The van der Waals surface area contributed by atoms with E-state index in [9.17, 15) is 14.0 Å². The number of anilines is 1. The molecular formula is C15H19ClFN3O3. The van der Waals surface area contributed by atoms with E-state index in [1.165, 1.54) is 12.1 Å². The van der Waals surface area contributed by atoms with Gasteiger partial charge in [0.05, 0.1) is 18.2 Å². The largest absolute Gasteiger partial charge is 0.379 e. The fourth-order valence-corrected chi connectivity index (χ4v) is 2.35. The molecule has 2 amide bonds. The highest BCUT2D eigenvalue weighted by Gasteiger charge is 2.12. The molecule has 126 valence electrons. The average molecular weight is 344 g/mol. The highest BCUT2D eigenvalue weighted by molar-refractivity contribution is 6.31. The van der Waals surface area contributed by atoms with Crippen molar-refractivity contribution in [3.63, 3.8) is 0 Å². The highest BCUT2D eigenvalue weighted by atomic mass is 35.5. The van der Waals surface area contributed by atoms with E-state index in [1.807, 2.05) is 0 Å². The van der Waals surface area contributed by atoms with E-state index in [0.29, 0.717) is 25.4 Å². The number of amides is 2. The number of benzene rings is 1. The van der Waals surface area contributed by atoms with Crippen LogP contribution in [0.4, 0.5) is 10.1 Å². The normalized spacial score (nSPS) is 15.2. The number of carbonyl (C=O) groups is 2. The molecule has 8 heteroatoms. The van der Waals surface area contributed by atoms with E-state index in [4.69, 9.17) is 16.3 Å². The molecule has 1 aliphatic rings. The summed E-state index contributed by atoms with van der Waals surface area (Å²) in [4.78, 5) is 25.6. The van der Waals surface area contributed by atoms with Crippen LogP contribution in [0.1, 0.15) is 6.42 Å². The summed E-state index contributed by atoms with van der Waals surface area (Å²) in [5, 5.41) is 5.12. The van der Waals surface area contributed by atoms with E-state index >= 15 is 0 Å². The third-order valence-corrected chi connectivity index (χ3v) is 3.67. The number of hydrogen-bond donors (Lipinski definition) is 2. The Kier molecular flexibility index (Phi) is 6.76. The third-order valence-electron chi connectivity index (χ3n) is 3.38. The molecular weight excluding hydrogens is 325 g/mol. The van der Waals surface area contributed by atoms with Gasteiger partial charge in [0.1, 0.15) is 12.2 Å². The number of rotatable bonds is 6. The second-order valence-electron chi connectivity index (χ2n) is 5.16. The lowest BCUT2D eigenvalue weighted by Gasteiger charge is -2.26. The summed E-state index contributed by atoms with van der Waals surface area (Å²) < 4.78 is 18.3. The van der Waals surface area contributed by atoms with Gasteiger partial charge in [-0.1, -0.05) is 11.6 Å². The Balaban J connectivity index is 1.67. The van der Waals surface area contributed by atoms with E-state index in [-0.39, 0.29) is 17.4 Å². The SMILES string of the molecule is O=C(CC(=O)Nc1ccc(F)c(Cl)c1)NCCN1CCOCC1. The molecule has 2 rings (SSSR count). The van der Waals surface area contributed by atoms with Crippen molar-refractivity contribution in [3.8, 4) is 0 Å². The molecule has 1 aromatic rings. The van der Waals surface area contributed by atoms with Crippen molar-refractivity contribution in [3.05, 3.63) is 29.0 Å². The third kappa shape index (κ3) is 6.13. The topological polar surface area (TPSA) is 70.7 Å². The Morgan fingerprint density at radius 1 is 1.26 bits per heavy atom. The van der Waals surface area contributed by atoms with Crippen molar-refractivity contribution >= 4 is 29.1 Å². The minimum Gasteiger partial charge on any atom is -0.379 e. The standard InChI is InChI=1S/C15H19ClFN3O3/c16-12-9-11(1-2-13(12)17)19-15(22)10-14(21)18-3-4-20-5-7-23-8-6-20/h1-2,9H,3-8,10H2,(H,18,21)(H,19,22). The van der Waals surface area contributed by atoms with Crippen molar-refractivity contribution in [1.29, 1.82) is 0 Å². The number of carbonyl (C=O) groups excluding carboxylic acids is 2. The van der Waals surface area contributed by atoms with Gasteiger partial charge in [0.25, 0.3) is 0 Å². The fraction of sp³-hybridized carbons (Fsp3) is 0.467. The molecule has 0 unspecified atom stereocenters. The molecule has 0 bridgehead atoms. The van der Waals surface area contributed by atoms with Crippen LogP contribution in [0.15, 0.2) is 18.2 Å². The predicted molar refractivity (Wildman–Crippen MR) is 84.9 cm³/mol. The van der Waals surface area contributed by atoms with Crippen molar-refractivity contribution in [2.45, 2.75) is 6.42 Å². The van der Waals surface area contributed by atoms with Crippen LogP contribution >= 0.6 is 11.6 Å². The summed E-state index contributed by atoms with van der Waals surface area (Å²) in [6.45, 7) is 4.31. The number of nitrogens with one attached hydrogen (secondary N) is 2. The van der Waals surface area contributed by atoms with E-state index in [1.54, 1.807) is 0 Å². The Morgan fingerprint density at radius 2 is 2.00 bits per heavy atom. The molecule has 1 aromatic carbocycles. The Morgan fingerprint density at radius 3 is 2.70 bits per heavy atom.